The molecule has 1 aliphatic rings. The average molecular weight is 460 g/mol. The lowest BCUT2D eigenvalue weighted by molar-refractivity contribution is 0.0977. The van der Waals surface area contributed by atoms with Crippen LogP contribution in [0.4, 0.5) is 11.4 Å². The van der Waals surface area contributed by atoms with E-state index in [9.17, 15) is 4.79 Å². The van der Waals surface area contributed by atoms with Crippen LogP contribution in [0.15, 0.2) is 78.9 Å². The van der Waals surface area contributed by atoms with Gasteiger partial charge in [-0.25, -0.2) is 0 Å². The summed E-state index contributed by atoms with van der Waals surface area (Å²) in [6.45, 7) is 4.94. The number of nitrogens with zero attached hydrogens (tertiary/aromatic N) is 1. The molecule has 0 atom stereocenters. The standard InChI is InChI=1S/C27H29N3O2S/c1-20-14-16-30(17-15-20)24-12-10-23(11-13-24)28-27(33)29-26(31)22-8-5-9-25(18-22)32-19-21-6-3-2-4-7-21/h2-13,18,20H,14-17,19H2,1H3,(H2,28,29,31,33). The zero-order chi connectivity index (χ0) is 23.0. The summed E-state index contributed by atoms with van der Waals surface area (Å²) in [6.07, 6.45) is 2.46. The molecule has 0 unspecified atom stereocenters. The van der Waals surface area contributed by atoms with Crippen molar-refractivity contribution < 1.29 is 9.53 Å². The first-order valence-corrected chi connectivity index (χ1v) is 11.7. The number of anilines is 2. The van der Waals surface area contributed by atoms with E-state index in [1.807, 2.05) is 48.5 Å². The van der Waals surface area contributed by atoms with Crippen molar-refractivity contribution in [2.24, 2.45) is 5.92 Å². The molecule has 0 saturated carbocycles. The quantitative estimate of drug-likeness (QED) is 0.468. The molecule has 4 rings (SSSR count). The molecule has 3 aromatic rings. The van der Waals surface area contributed by atoms with Crippen molar-refractivity contribution in [1.82, 2.24) is 5.32 Å². The first-order chi connectivity index (χ1) is 16.1. The molecule has 2 N–H and O–H groups in total. The SMILES string of the molecule is CC1CCN(c2ccc(NC(=S)NC(=O)c3cccc(OCc4ccccc4)c3)cc2)CC1. The number of nitrogens with one attached hydrogen (secondary N) is 2. The zero-order valence-electron chi connectivity index (χ0n) is 18.8. The molecule has 0 aliphatic carbocycles. The number of hydrogen-bond acceptors (Lipinski definition) is 4. The van der Waals surface area contributed by atoms with Crippen LogP contribution in [0.2, 0.25) is 0 Å². The Morgan fingerprint density at radius 1 is 1.00 bits per heavy atom. The van der Waals surface area contributed by atoms with Gasteiger partial charge < -0.3 is 15.0 Å². The van der Waals surface area contributed by atoms with Gasteiger partial charge in [0.1, 0.15) is 12.4 Å². The van der Waals surface area contributed by atoms with Crippen LogP contribution in [-0.4, -0.2) is 24.1 Å². The number of carbonyl (C=O) groups excluding carboxylic acids is 1. The van der Waals surface area contributed by atoms with Crippen LogP contribution in [0, 0.1) is 5.92 Å². The Bertz CT molecular complexity index is 1080. The molecule has 1 saturated heterocycles. The van der Waals surface area contributed by atoms with E-state index >= 15 is 0 Å². The van der Waals surface area contributed by atoms with Crippen LogP contribution in [-0.2, 0) is 6.61 Å². The number of thiocarbonyl (C=S) groups is 1. The van der Waals surface area contributed by atoms with Crippen LogP contribution < -0.4 is 20.3 Å². The number of amides is 1. The summed E-state index contributed by atoms with van der Waals surface area (Å²) < 4.78 is 5.82. The van der Waals surface area contributed by atoms with E-state index in [4.69, 9.17) is 17.0 Å². The van der Waals surface area contributed by atoms with Gasteiger partial charge in [-0.05, 0) is 79.0 Å². The van der Waals surface area contributed by atoms with Crippen LogP contribution in [0.5, 0.6) is 5.75 Å². The van der Waals surface area contributed by atoms with Crippen molar-refractivity contribution in [3.63, 3.8) is 0 Å². The van der Waals surface area contributed by atoms with Crippen LogP contribution in [0.25, 0.3) is 0 Å². The van der Waals surface area contributed by atoms with Gasteiger partial charge in [-0.3, -0.25) is 10.1 Å². The maximum atomic E-state index is 12.7. The number of rotatable bonds is 6. The monoisotopic (exact) mass is 459 g/mol. The fourth-order valence-corrected chi connectivity index (χ4v) is 4.04. The van der Waals surface area contributed by atoms with Gasteiger partial charge in [0.15, 0.2) is 5.11 Å². The number of piperidine rings is 1. The third-order valence-electron chi connectivity index (χ3n) is 5.85. The summed E-state index contributed by atoms with van der Waals surface area (Å²) in [6, 6.07) is 25.2. The summed E-state index contributed by atoms with van der Waals surface area (Å²) >= 11 is 5.35. The Kier molecular flexibility index (Phi) is 7.58. The number of benzene rings is 3. The maximum Gasteiger partial charge on any atom is 0.257 e. The molecule has 5 nitrogen and oxygen atoms in total. The smallest absolute Gasteiger partial charge is 0.257 e. The van der Waals surface area contributed by atoms with E-state index in [2.05, 4.69) is 34.6 Å². The minimum Gasteiger partial charge on any atom is -0.489 e. The highest BCUT2D eigenvalue weighted by Crippen LogP contribution is 2.24. The minimum atomic E-state index is -0.281. The van der Waals surface area contributed by atoms with E-state index in [0.717, 1.165) is 30.3 Å². The second kappa shape index (κ2) is 11.0. The second-order valence-electron chi connectivity index (χ2n) is 8.43. The molecule has 1 heterocycles. The molecule has 3 aromatic carbocycles. The summed E-state index contributed by atoms with van der Waals surface area (Å²) in [5.41, 5.74) is 3.61. The lowest BCUT2D eigenvalue weighted by Crippen LogP contribution is -2.34. The van der Waals surface area contributed by atoms with Crippen molar-refractivity contribution in [2.75, 3.05) is 23.3 Å². The molecular formula is C27H29N3O2S. The maximum absolute atomic E-state index is 12.7. The van der Waals surface area contributed by atoms with Crippen LogP contribution in [0.3, 0.4) is 0 Å². The molecule has 33 heavy (non-hydrogen) atoms. The Morgan fingerprint density at radius 3 is 2.45 bits per heavy atom. The largest absolute Gasteiger partial charge is 0.489 e. The van der Waals surface area contributed by atoms with Crippen molar-refractivity contribution in [3.8, 4) is 5.75 Å². The minimum absolute atomic E-state index is 0.259. The zero-order valence-corrected chi connectivity index (χ0v) is 19.6. The predicted octanol–water partition coefficient (Wildman–Crippen LogP) is 5.63. The third-order valence-corrected chi connectivity index (χ3v) is 6.05. The fraction of sp³-hybridized carbons (Fsp3) is 0.259. The Labute approximate surface area is 200 Å². The Hall–Kier alpha value is -3.38. The Balaban J connectivity index is 1.29. The van der Waals surface area contributed by atoms with Gasteiger partial charge in [0.2, 0.25) is 0 Å². The highest BCUT2D eigenvalue weighted by Gasteiger charge is 2.16. The summed E-state index contributed by atoms with van der Waals surface area (Å²) in [4.78, 5) is 15.1. The van der Waals surface area contributed by atoms with Crippen molar-refractivity contribution in [3.05, 3.63) is 90.0 Å². The molecule has 6 heteroatoms. The van der Waals surface area contributed by atoms with Gasteiger partial charge in [-0.15, -0.1) is 0 Å². The third kappa shape index (κ3) is 6.56. The summed E-state index contributed by atoms with van der Waals surface area (Å²) in [7, 11) is 0. The molecule has 1 amide bonds. The summed E-state index contributed by atoms with van der Waals surface area (Å²) in [5, 5.41) is 6.09. The lowest BCUT2D eigenvalue weighted by Gasteiger charge is -2.32. The first-order valence-electron chi connectivity index (χ1n) is 11.3. The van der Waals surface area contributed by atoms with E-state index < -0.39 is 0 Å². The van der Waals surface area contributed by atoms with Gasteiger partial charge in [0.25, 0.3) is 5.91 Å². The van der Waals surface area contributed by atoms with E-state index in [1.54, 1.807) is 18.2 Å². The van der Waals surface area contributed by atoms with E-state index in [0.29, 0.717) is 17.9 Å². The highest BCUT2D eigenvalue weighted by molar-refractivity contribution is 7.80. The Morgan fingerprint density at radius 2 is 1.73 bits per heavy atom. The topological polar surface area (TPSA) is 53.6 Å². The van der Waals surface area contributed by atoms with Gasteiger partial charge >= 0.3 is 0 Å². The van der Waals surface area contributed by atoms with Crippen LogP contribution >= 0.6 is 12.2 Å². The first kappa shape index (κ1) is 22.8. The van der Waals surface area contributed by atoms with Crippen molar-refractivity contribution >= 4 is 34.6 Å². The number of carbonyl (C=O) groups is 1. The number of ether oxygens (including phenoxy) is 1. The molecule has 0 spiro atoms. The molecule has 0 bridgehead atoms. The average Bonchev–Trinajstić information content (AvgIpc) is 2.84. The molecule has 0 radical (unpaired) electrons. The predicted molar refractivity (Wildman–Crippen MR) is 138 cm³/mol. The molecule has 0 aromatic heterocycles. The second-order valence-corrected chi connectivity index (χ2v) is 8.84. The van der Waals surface area contributed by atoms with Gasteiger partial charge in [0, 0.05) is 30.0 Å². The van der Waals surface area contributed by atoms with E-state index in [-0.39, 0.29) is 11.0 Å². The molecule has 1 fully saturated rings. The van der Waals surface area contributed by atoms with Crippen molar-refractivity contribution in [1.29, 1.82) is 0 Å². The van der Waals surface area contributed by atoms with Crippen LogP contribution in [0.1, 0.15) is 35.7 Å². The molecular weight excluding hydrogens is 430 g/mol. The fourth-order valence-electron chi connectivity index (χ4n) is 3.83. The van der Waals surface area contributed by atoms with Crippen molar-refractivity contribution in [2.45, 2.75) is 26.4 Å². The van der Waals surface area contributed by atoms with E-state index in [1.165, 1.54) is 18.5 Å². The lowest BCUT2D eigenvalue weighted by atomic mass is 9.99. The molecule has 1 aliphatic heterocycles. The van der Waals surface area contributed by atoms with Gasteiger partial charge in [-0.2, -0.15) is 0 Å². The summed E-state index contributed by atoms with van der Waals surface area (Å²) in [5.74, 6) is 1.16. The van der Waals surface area contributed by atoms with Gasteiger partial charge in [-0.1, -0.05) is 43.3 Å². The van der Waals surface area contributed by atoms with Gasteiger partial charge in [0.05, 0.1) is 0 Å². The highest BCUT2D eigenvalue weighted by atomic mass is 32.1. The molecule has 170 valence electrons. The normalized spacial score (nSPS) is 13.9. The number of hydrogen-bond donors (Lipinski definition) is 2.